The van der Waals surface area contributed by atoms with Gasteiger partial charge < -0.3 is 5.32 Å². The van der Waals surface area contributed by atoms with Crippen molar-refractivity contribution in [2.24, 2.45) is 0 Å². The molecule has 0 bridgehead atoms. The lowest BCUT2D eigenvalue weighted by Crippen LogP contribution is -2.38. The van der Waals surface area contributed by atoms with Crippen LogP contribution in [-0.2, 0) is 21.0 Å². The van der Waals surface area contributed by atoms with Crippen LogP contribution in [-0.4, -0.2) is 25.8 Å². The van der Waals surface area contributed by atoms with Crippen LogP contribution in [0.25, 0.3) is 0 Å². The summed E-state index contributed by atoms with van der Waals surface area (Å²) in [6.45, 7) is 0.908. The Balaban J connectivity index is 1.97. The fraction of sp³-hybridized carbons (Fsp3) is 0.136. The van der Waals surface area contributed by atoms with E-state index < -0.39 is 44.8 Å². The van der Waals surface area contributed by atoms with Crippen molar-refractivity contribution in [3.05, 3.63) is 94.0 Å². The molecule has 0 spiro atoms. The number of benzene rings is 3. The summed E-state index contributed by atoms with van der Waals surface area (Å²) in [7, 11) is -4.36. The highest BCUT2D eigenvalue weighted by Crippen LogP contribution is 2.31. The number of rotatable bonds is 7. The molecule has 3 aromatic rings. The first-order valence-electron chi connectivity index (χ1n) is 9.69. The number of carbonyl (C=O) groups is 1. The van der Waals surface area contributed by atoms with E-state index in [2.05, 4.69) is 5.32 Å². The van der Waals surface area contributed by atoms with Gasteiger partial charge in [-0.05, 0) is 43.3 Å². The van der Waals surface area contributed by atoms with Crippen molar-refractivity contribution in [1.29, 1.82) is 0 Å². The minimum atomic E-state index is -4.63. The zero-order chi connectivity index (χ0) is 25.1. The number of halogens is 3. The number of hydrogen-bond acceptors (Lipinski definition) is 5. The summed E-state index contributed by atoms with van der Waals surface area (Å²) in [4.78, 5) is 23.0. The summed E-state index contributed by atoms with van der Waals surface area (Å²) in [5.74, 6) is -0.943. The second kappa shape index (κ2) is 9.51. The van der Waals surface area contributed by atoms with E-state index in [0.717, 1.165) is 29.8 Å². The summed E-state index contributed by atoms with van der Waals surface area (Å²) in [6.07, 6.45) is -4.63. The third kappa shape index (κ3) is 5.70. The van der Waals surface area contributed by atoms with Gasteiger partial charge in [-0.3, -0.25) is 19.2 Å². The van der Waals surface area contributed by atoms with E-state index in [-0.39, 0.29) is 16.3 Å². The molecule has 0 aliphatic heterocycles. The molecule has 34 heavy (non-hydrogen) atoms. The molecular weight excluding hydrogens is 475 g/mol. The number of anilines is 2. The molecule has 12 heteroatoms. The Labute approximate surface area is 192 Å². The molecule has 3 rings (SSSR count). The maximum atomic E-state index is 13.3. The number of nitrogens with one attached hydrogen (secondary N) is 1. The molecule has 3 aromatic carbocycles. The number of carbonyl (C=O) groups excluding carboxylic acids is 1. The highest BCUT2D eigenvalue weighted by Gasteiger charge is 2.31. The molecule has 0 atom stereocenters. The molecule has 1 amide bonds. The summed E-state index contributed by atoms with van der Waals surface area (Å²) in [5, 5.41) is 13.4. The minimum absolute atomic E-state index is 0.158. The monoisotopic (exact) mass is 493 g/mol. The van der Waals surface area contributed by atoms with E-state index >= 15 is 0 Å². The van der Waals surface area contributed by atoms with Gasteiger partial charge in [0.15, 0.2) is 0 Å². The average Bonchev–Trinajstić information content (AvgIpc) is 2.77. The topological polar surface area (TPSA) is 110 Å². The van der Waals surface area contributed by atoms with E-state index in [9.17, 15) is 36.5 Å². The van der Waals surface area contributed by atoms with E-state index in [1.165, 1.54) is 30.3 Å². The summed E-state index contributed by atoms with van der Waals surface area (Å²) in [5.41, 5.74) is -0.961. The highest BCUT2D eigenvalue weighted by molar-refractivity contribution is 7.92. The maximum Gasteiger partial charge on any atom is 0.416 e. The van der Waals surface area contributed by atoms with Gasteiger partial charge in [-0.2, -0.15) is 13.2 Å². The molecule has 0 radical (unpaired) electrons. The van der Waals surface area contributed by atoms with Crippen molar-refractivity contribution in [2.45, 2.75) is 18.0 Å². The van der Waals surface area contributed by atoms with Gasteiger partial charge in [0.05, 0.1) is 21.1 Å². The number of nitro benzene ring substituents is 1. The Morgan fingerprint density at radius 2 is 1.68 bits per heavy atom. The molecule has 0 aromatic heterocycles. The zero-order valence-corrected chi connectivity index (χ0v) is 18.4. The van der Waals surface area contributed by atoms with Crippen molar-refractivity contribution in [1.82, 2.24) is 0 Å². The van der Waals surface area contributed by atoms with Gasteiger partial charge in [-0.15, -0.1) is 0 Å². The van der Waals surface area contributed by atoms with Crippen LogP contribution < -0.4 is 9.62 Å². The fourth-order valence-corrected chi connectivity index (χ4v) is 4.43. The van der Waals surface area contributed by atoms with E-state index in [1.807, 2.05) is 0 Å². The number of sulfonamides is 1. The maximum absolute atomic E-state index is 13.3. The van der Waals surface area contributed by atoms with Gasteiger partial charge in [0, 0.05) is 17.8 Å². The third-order valence-electron chi connectivity index (χ3n) is 4.70. The Hall–Kier alpha value is -3.93. The summed E-state index contributed by atoms with van der Waals surface area (Å²) < 4.78 is 66.2. The van der Waals surface area contributed by atoms with Crippen LogP contribution in [0.2, 0.25) is 0 Å². The number of nitrogens with zero attached hydrogens (tertiary/aromatic N) is 2. The van der Waals surface area contributed by atoms with Gasteiger partial charge in [-0.1, -0.05) is 29.8 Å². The lowest BCUT2D eigenvalue weighted by Gasteiger charge is -2.24. The van der Waals surface area contributed by atoms with Crippen molar-refractivity contribution in [3.8, 4) is 0 Å². The first-order valence-corrected chi connectivity index (χ1v) is 11.1. The fourth-order valence-electron chi connectivity index (χ4n) is 3.02. The molecule has 0 saturated carbocycles. The van der Waals surface area contributed by atoms with Crippen LogP contribution in [0.4, 0.5) is 30.2 Å². The normalized spacial score (nSPS) is 11.6. The van der Waals surface area contributed by atoms with Crippen molar-refractivity contribution < 1.29 is 31.3 Å². The molecule has 8 nitrogen and oxygen atoms in total. The van der Waals surface area contributed by atoms with Crippen molar-refractivity contribution >= 4 is 33.0 Å². The highest BCUT2D eigenvalue weighted by atomic mass is 32.2. The van der Waals surface area contributed by atoms with Gasteiger partial charge >= 0.3 is 6.18 Å². The van der Waals surface area contributed by atoms with E-state index in [0.29, 0.717) is 10.4 Å². The number of alkyl halides is 3. The van der Waals surface area contributed by atoms with E-state index in [1.54, 1.807) is 19.1 Å². The Morgan fingerprint density at radius 1 is 1.03 bits per heavy atom. The quantitative estimate of drug-likeness (QED) is 0.377. The largest absolute Gasteiger partial charge is 0.416 e. The second-order valence-corrected chi connectivity index (χ2v) is 9.09. The van der Waals surface area contributed by atoms with Crippen LogP contribution in [0.3, 0.4) is 0 Å². The average molecular weight is 493 g/mol. The van der Waals surface area contributed by atoms with Gasteiger partial charge in [0.2, 0.25) is 5.91 Å². The zero-order valence-electron chi connectivity index (χ0n) is 17.6. The second-order valence-electron chi connectivity index (χ2n) is 7.23. The number of hydrogen-bond donors (Lipinski definition) is 1. The molecule has 0 aliphatic rings. The van der Waals surface area contributed by atoms with Crippen molar-refractivity contribution in [2.75, 3.05) is 16.2 Å². The number of amides is 1. The third-order valence-corrected chi connectivity index (χ3v) is 6.49. The van der Waals surface area contributed by atoms with E-state index in [4.69, 9.17) is 0 Å². The SMILES string of the molecule is Cc1ccc(S(=O)(=O)N(CC(=O)Nc2cccc(C(F)(F)F)c2)c2cccc([N+](=O)[O-])c2)cc1. The van der Waals surface area contributed by atoms with Gasteiger partial charge in [0.25, 0.3) is 15.7 Å². The lowest BCUT2D eigenvalue weighted by atomic mass is 10.2. The van der Waals surface area contributed by atoms with Crippen LogP contribution in [0.5, 0.6) is 0 Å². The number of nitro groups is 1. The van der Waals surface area contributed by atoms with Crippen molar-refractivity contribution in [3.63, 3.8) is 0 Å². The molecule has 178 valence electrons. The summed E-state index contributed by atoms with van der Waals surface area (Å²) in [6, 6.07) is 14.3. The predicted molar refractivity (Wildman–Crippen MR) is 119 cm³/mol. The number of aryl methyl sites for hydroxylation is 1. The molecule has 1 N–H and O–H groups in total. The van der Waals surface area contributed by atoms with Gasteiger partial charge in [0.1, 0.15) is 6.54 Å². The van der Waals surface area contributed by atoms with Crippen LogP contribution in [0.15, 0.2) is 77.7 Å². The molecular formula is C22H18F3N3O5S. The Bertz CT molecular complexity index is 1330. The first kappa shape index (κ1) is 24.7. The minimum Gasteiger partial charge on any atom is -0.325 e. The first-order chi connectivity index (χ1) is 15.9. The predicted octanol–water partition coefficient (Wildman–Crippen LogP) is 4.76. The number of non-ortho nitro benzene ring substituents is 1. The van der Waals surface area contributed by atoms with Crippen LogP contribution in [0.1, 0.15) is 11.1 Å². The van der Waals surface area contributed by atoms with Gasteiger partial charge in [-0.25, -0.2) is 8.42 Å². The lowest BCUT2D eigenvalue weighted by molar-refractivity contribution is -0.384. The van der Waals surface area contributed by atoms with Crippen LogP contribution in [0, 0.1) is 17.0 Å². The Kier molecular flexibility index (Phi) is 6.91. The molecule has 0 fully saturated rings. The molecule has 0 heterocycles. The standard InChI is InChI=1S/C22H18F3N3O5S/c1-15-8-10-20(11-9-15)34(32,33)27(18-6-3-7-19(13-18)28(30)31)14-21(29)26-17-5-2-4-16(12-17)22(23,24)25/h2-13H,14H2,1H3,(H,26,29). The molecule has 0 aliphatic carbocycles. The molecule has 0 unspecified atom stereocenters. The summed E-state index contributed by atoms with van der Waals surface area (Å²) >= 11 is 0. The molecule has 0 saturated heterocycles. The Morgan fingerprint density at radius 3 is 2.29 bits per heavy atom. The smallest absolute Gasteiger partial charge is 0.325 e. The van der Waals surface area contributed by atoms with Crippen LogP contribution >= 0.6 is 0 Å².